The summed E-state index contributed by atoms with van der Waals surface area (Å²) >= 11 is 4.13. The number of unbranched alkanes of at least 4 members (excludes halogenated alkanes) is 1. The zero-order valence-electron chi connectivity index (χ0n) is 60.6. The van der Waals surface area contributed by atoms with Crippen molar-refractivity contribution in [2.24, 2.45) is 56.0 Å². The number of carbonyl (C=O) groups is 14. The number of hydrogen-bond acceptors (Lipinski definition) is 22. The summed E-state index contributed by atoms with van der Waals surface area (Å²) in [5.74, 6) is -16.2. The number of carboxylic acid groups (broad SMARTS) is 1. The lowest BCUT2D eigenvalue weighted by Gasteiger charge is -2.32. The average molecular weight is 1530 g/mol. The summed E-state index contributed by atoms with van der Waals surface area (Å²) in [6.07, 6.45) is -5.64. The zero-order chi connectivity index (χ0) is 80.2. The number of hydrogen-bond donors (Lipinski definition) is 23. The van der Waals surface area contributed by atoms with E-state index >= 15 is 0 Å². The molecule has 0 radical (unpaired) electrons. The van der Waals surface area contributed by atoms with E-state index in [1.165, 1.54) is 11.8 Å². The topological polar surface area (TPSA) is 662 Å². The van der Waals surface area contributed by atoms with Gasteiger partial charge in [-0.3, -0.25) is 72.3 Å². The van der Waals surface area contributed by atoms with E-state index in [2.05, 4.69) is 81.1 Å². The van der Waals surface area contributed by atoms with Gasteiger partial charge in [0.15, 0.2) is 18.0 Å². The van der Waals surface area contributed by atoms with Gasteiger partial charge in [-0.05, 0) is 109 Å². The van der Waals surface area contributed by atoms with Crippen molar-refractivity contribution < 1.29 is 87.5 Å². The molecule has 13 amide bonds. The van der Waals surface area contributed by atoms with E-state index in [-0.39, 0.29) is 108 Å². The van der Waals surface area contributed by atoms with E-state index in [0.29, 0.717) is 12.0 Å². The maximum absolute atomic E-state index is 14.9. The fourth-order valence-corrected chi connectivity index (χ4v) is 11.3. The molecule has 2 aromatic carbocycles. The van der Waals surface area contributed by atoms with Gasteiger partial charge in [-0.2, -0.15) is 12.6 Å². The van der Waals surface area contributed by atoms with Crippen molar-refractivity contribution in [2.45, 2.75) is 202 Å². The SMILES string of the molecule is CC(C)[C@H](NC(=O)[C@@H](NC(=O)[C@@H]1CCCN1C(=O)[C@H](CCCCN)NC(=O)[C@H](CCCN=C(N)N)NC(=O)[C@H](CCCN=C(N)N)NC(=O)[C@@H](NC(=O)[C@H](CC(N)=O)NC(=O)[C@H](CS)NC(=O)CNC(=O)[C@@H](N)Cc1ccccc1)[C@@H](C)O)[C@@H](C)O)C(=O)N[C@@H](Cc1ccccc1)C(=O)N[C@H](C(=O)O)[C@@H](C)O. The Morgan fingerprint density at radius 3 is 1.43 bits per heavy atom. The van der Waals surface area contributed by atoms with Crippen LogP contribution >= 0.6 is 12.6 Å². The van der Waals surface area contributed by atoms with Gasteiger partial charge in [-0.15, -0.1) is 0 Å². The number of nitrogens with two attached hydrogens (primary N) is 7. The summed E-state index contributed by atoms with van der Waals surface area (Å²) in [6.45, 7) is 5.80. The molecule has 1 fully saturated rings. The number of amides is 13. The smallest absolute Gasteiger partial charge is 0.328 e. The molecule has 3 rings (SSSR count). The number of benzene rings is 2. The highest BCUT2D eigenvalue weighted by Crippen LogP contribution is 2.22. The van der Waals surface area contributed by atoms with Crippen molar-refractivity contribution in [2.75, 3.05) is 38.5 Å². The van der Waals surface area contributed by atoms with Gasteiger partial charge in [-0.1, -0.05) is 74.5 Å². The third-order valence-electron chi connectivity index (χ3n) is 16.8. The number of aliphatic hydroxyl groups is 3. The minimum Gasteiger partial charge on any atom is -0.480 e. The Morgan fingerprint density at radius 2 is 0.935 bits per heavy atom. The van der Waals surface area contributed by atoms with E-state index in [9.17, 15) is 87.5 Å². The predicted octanol–water partition coefficient (Wildman–Crippen LogP) is -8.32. The molecule has 40 heteroatoms. The summed E-state index contributed by atoms with van der Waals surface area (Å²) in [4.78, 5) is 201. The summed E-state index contributed by atoms with van der Waals surface area (Å²) < 4.78 is 0. The molecule has 0 bridgehead atoms. The minimum atomic E-state index is -1.96. The second-order valence-corrected chi connectivity index (χ2v) is 26.5. The molecule has 1 aliphatic rings. The largest absolute Gasteiger partial charge is 0.480 e. The molecule has 39 nitrogen and oxygen atoms in total. The molecule has 0 aliphatic carbocycles. The number of primary amides is 1. The first kappa shape index (κ1) is 90.9. The van der Waals surface area contributed by atoms with Gasteiger partial charge in [0.1, 0.15) is 60.4 Å². The lowest BCUT2D eigenvalue weighted by atomic mass is 9.99. The molecular weight excluding hydrogens is 1420 g/mol. The molecule has 0 saturated carbocycles. The number of carboxylic acids is 1. The molecule has 2 aromatic rings. The zero-order valence-corrected chi connectivity index (χ0v) is 61.5. The van der Waals surface area contributed by atoms with Gasteiger partial charge >= 0.3 is 5.97 Å². The Hall–Kier alpha value is -10.3. The standard InChI is InChI=1S/C67H107N21O18S/c1-34(2)50(61(101)83-44(30-39-19-10-7-11-20-39)57(97)87-53(37(5)91)65(105)106)84-63(103)52(36(4)90)86-60(100)47-24-16-28-88(47)64(104)43(21-12-13-25-68)81-56(96)41(22-14-26-75-66(71)72)79-55(95)42(23-15-27-76-67(73)74)80-62(102)51(35(3)89)85-58(98)45(31-48(70)92)82-59(99)46(33-107)78-49(93)32-77-54(94)40(69)29-38-17-8-6-9-18-38/h6-11,17-20,34-37,40-47,50-53,89-91,107H,12-16,21-33,68-69H2,1-5H3,(H2,70,92)(H,77,94)(H,78,93)(H,79,95)(H,80,102)(H,81,96)(H,82,99)(H,83,101)(H,84,103)(H,85,98)(H,86,100)(H,87,97)(H,105,106)(H4,71,72,75)(H4,73,74,76)/t35-,36-,37-,40+,41+,42+,43+,44+,45+,46+,47+,50+,51+,52+,53+/m1/s1. The summed E-state index contributed by atoms with van der Waals surface area (Å²) in [6, 6.07) is -1.58. The number of nitrogens with zero attached hydrogens (tertiary/aromatic N) is 3. The fraction of sp³-hybridized carbons (Fsp3) is 0.582. The second-order valence-electron chi connectivity index (χ2n) is 26.1. The number of aliphatic hydroxyl groups excluding tert-OH is 3. The first-order valence-electron chi connectivity index (χ1n) is 34.9. The van der Waals surface area contributed by atoms with Gasteiger partial charge in [0.05, 0.1) is 37.3 Å². The van der Waals surface area contributed by atoms with Crippen molar-refractivity contribution in [3.8, 4) is 0 Å². The molecule has 594 valence electrons. The average Bonchev–Trinajstić information content (AvgIpc) is 1.58. The van der Waals surface area contributed by atoms with Crippen LogP contribution in [-0.4, -0.2) is 249 Å². The third kappa shape index (κ3) is 32.1. The van der Waals surface area contributed by atoms with Crippen LogP contribution in [0.4, 0.5) is 0 Å². The first-order valence-corrected chi connectivity index (χ1v) is 35.5. The molecule has 0 unspecified atom stereocenters. The molecule has 0 aromatic heterocycles. The maximum atomic E-state index is 14.9. The normalized spacial score (nSPS) is 16.4. The molecule has 107 heavy (non-hydrogen) atoms. The summed E-state index contributed by atoms with van der Waals surface area (Å²) in [5.41, 5.74) is 40.9. The number of aliphatic carboxylic acids is 1. The number of nitrogens with one attached hydrogen (secondary N) is 11. The van der Waals surface area contributed by atoms with E-state index in [4.69, 9.17) is 40.1 Å². The van der Waals surface area contributed by atoms with Gasteiger partial charge in [0.2, 0.25) is 76.8 Å². The first-order chi connectivity index (χ1) is 50.5. The molecule has 0 spiro atoms. The Morgan fingerprint density at radius 1 is 0.505 bits per heavy atom. The number of carbonyl (C=O) groups excluding carboxylic acids is 13. The molecule has 15 atom stereocenters. The third-order valence-corrected chi connectivity index (χ3v) is 17.2. The Bertz CT molecular complexity index is 3380. The Kier molecular flexibility index (Phi) is 39.6. The van der Waals surface area contributed by atoms with E-state index in [0.717, 1.165) is 19.4 Å². The van der Waals surface area contributed by atoms with Crippen LogP contribution in [-0.2, 0) is 80.0 Å². The molecule has 1 aliphatic heterocycles. The number of aliphatic imine (C=N–C) groups is 2. The highest BCUT2D eigenvalue weighted by atomic mass is 32.1. The van der Waals surface area contributed by atoms with Crippen molar-refractivity contribution >= 4 is 107 Å². The van der Waals surface area contributed by atoms with E-state index < -0.39 is 192 Å². The minimum absolute atomic E-state index is 0.00744. The highest BCUT2D eigenvalue weighted by Gasteiger charge is 2.42. The van der Waals surface area contributed by atoms with Crippen molar-refractivity contribution in [3.05, 3.63) is 71.8 Å². The van der Waals surface area contributed by atoms with Crippen LogP contribution in [0.25, 0.3) is 0 Å². The number of rotatable bonds is 47. The number of thiol groups is 1. The number of guanidine groups is 2. The van der Waals surface area contributed by atoms with Gasteiger partial charge in [0.25, 0.3) is 0 Å². The van der Waals surface area contributed by atoms with Crippen LogP contribution in [0, 0.1) is 5.92 Å². The van der Waals surface area contributed by atoms with Gasteiger partial charge in [-0.25, -0.2) is 4.79 Å². The quantitative estimate of drug-likeness (QED) is 0.0127. The van der Waals surface area contributed by atoms with Crippen molar-refractivity contribution in [3.63, 3.8) is 0 Å². The highest BCUT2D eigenvalue weighted by molar-refractivity contribution is 7.80. The van der Waals surface area contributed by atoms with Crippen LogP contribution in [0.3, 0.4) is 0 Å². The van der Waals surface area contributed by atoms with Crippen LogP contribution in [0.5, 0.6) is 0 Å². The Balaban J connectivity index is 1.90. The van der Waals surface area contributed by atoms with Crippen molar-refractivity contribution in [1.29, 1.82) is 0 Å². The van der Waals surface area contributed by atoms with Crippen LogP contribution in [0.1, 0.15) is 110 Å². The van der Waals surface area contributed by atoms with Crippen molar-refractivity contribution in [1.82, 2.24) is 63.4 Å². The summed E-state index contributed by atoms with van der Waals surface area (Å²) in [7, 11) is 0. The monoisotopic (exact) mass is 1530 g/mol. The maximum Gasteiger partial charge on any atom is 0.328 e. The van der Waals surface area contributed by atoms with Gasteiger partial charge in [0, 0.05) is 31.8 Å². The van der Waals surface area contributed by atoms with E-state index in [1.54, 1.807) is 74.5 Å². The lowest BCUT2D eigenvalue weighted by Crippen LogP contribution is -2.62. The van der Waals surface area contributed by atoms with E-state index in [1.807, 2.05) is 0 Å². The molecular formula is C67H107N21O18S. The lowest BCUT2D eigenvalue weighted by molar-refractivity contribution is -0.145. The molecule has 29 N–H and O–H groups in total. The van der Waals surface area contributed by atoms with Gasteiger partial charge < -0.3 is 124 Å². The fourth-order valence-electron chi connectivity index (χ4n) is 11.0. The Labute approximate surface area is 624 Å². The molecule has 1 saturated heterocycles. The van der Waals surface area contributed by atoms with Crippen LogP contribution in [0.15, 0.2) is 70.6 Å². The second kappa shape index (κ2) is 46.6. The molecule has 1 heterocycles. The summed E-state index contributed by atoms with van der Waals surface area (Å²) in [5, 5.41) is 68.5. The number of likely N-dealkylation sites (tertiary alicyclic amines) is 1. The van der Waals surface area contributed by atoms with Crippen LogP contribution in [0.2, 0.25) is 0 Å². The predicted molar refractivity (Wildman–Crippen MR) is 393 cm³/mol. The van der Waals surface area contributed by atoms with Crippen LogP contribution < -0.4 is 98.6 Å².